The van der Waals surface area contributed by atoms with Crippen LogP contribution < -0.4 is 0 Å². The maximum Gasteiger partial charge on any atom is 0.500 e. The van der Waals surface area contributed by atoms with Crippen LogP contribution in [0.3, 0.4) is 0 Å². The summed E-state index contributed by atoms with van der Waals surface area (Å²) in [4.78, 5) is 0. The molecule has 1 aliphatic carbocycles. The van der Waals surface area contributed by atoms with Gasteiger partial charge in [-0.05, 0) is 58.8 Å². The molecule has 0 bridgehead atoms. The molecule has 0 aromatic heterocycles. The van der Waals surface area contributed by atoms with Crippen molar-refractivity contribution >= 4 is 8.80 Å². The molecule has 0 saturated heterocycles. The normalized spacial score (nSPS) is 25.1. The Morgan fingerprint density at radius 2 is 1.58 bits per heavy atom. The Labute approximate surface area is 149 Å². The number of aliphatic hydroxyl groups excluding tert-OH is 1. The minimum atomic E-state index is -2.55. The first kappa shape index (κ1) is 22.1. The fourth-order valence-electron chi connectivity index (χ4n) is 3.40. The summed E-state index contributed by atoms with van der Waals surface area (Å²) in [6.07, 6.45) is 5.67. The molecule has 0 spiro atoms. The molecule has 3 unspecified atom stereocenters. The van der Waals surface area contributed by atoms with Crippen molar-refractivity contribution in [3.05, 3.63) is 0 Å². The monoisotopic (exact) mass is 362 g/mol. The van der Waals surface area contributed by atoms with E-state index in [9.17, 15) is 5.11 Å². The van der Waals surface area contributed by atoms with E-state index >= 15 is 0 Å². The maximum absolute atomic E-state index is 10.2. The average molecular weight is 363 g/mol. The predicted octanol–water partition coefficient (Wildman–Crippen LogP) is 3.77. The quantitative estimate of drug-likeness (QED) is 0.399. The maximum atomic E-state index is 10.2. The summed E-state index contributed by atoms with van der Waals surface area (Å²) in [5.41, 5.74) is 0. The minimum absolute atomic E-state index is 0.0161. The summed E-state index contributed by atoms with van der Waals surface area (Å²) in [5.74, 6) is 0.549. The zero-order chi connectivity index (χ0) is 17.8. The van der Waals surface area contributed by atoms with E-state index in [0.29, 0.717) is 25.7 Å². The van der Waals surface area contributed by atoms with E-state index < -0.39 is 8.80 Å². The van der Waals surface area contributed by atoms with Crippen LogP contribution in [0.4, 0.5) is 0 Å². The molecule has 3 atom stereocenters. The minimum Gasteiger partial charge on any atom is -0.390 e. The summed E-state index contributed by atoms with van der Waals surface area (Å²) in [7, 11) is -2.55. The Bertz CT molecular complexity index is 299. The first-order valence-corrected chi connectivity index (χ1v) is 11.7. The van der Waals surface area contributed by atoms with Crippen LogP contribution in [0.2, 0.25) is 6.04 Å². The third-order valence-corrected chi connectivity index (χ3v) is 7.73. The number of hydrogen-bond acceptors (Lipinski definition) is 5. The van der Waals surface area contributed by atoms with Crippen LogP contribution >= 0.6 is 0 Å². The van der Waals surface area contributed by atoms with Crippen molar-refractivity contribution in [1.29, 1.82) is 0 Å². The summed E-state index contributed by atoms with van der Waals surface area (Å²) in [6, 6.07) is 0.852. The fraction of sp³-hybridized carbons (Fsp3) is 1.00. The summed E-state index contributed by atoms with van der Waals surface area (Å²) >= 11 is 0. The van der Waals surface area contributed by atoms with Gasteiger partial charge >= 0.3 is 8.80 Å². The van der Waals surface area contributed by atoms with Crippen molar-refractivity contribution < 1.29 is 23.1 Å². The molecule has 0 heterocycles. The van der Waals surface area contributed by atoms with Gasteiger partial charge in [0.25, 0.3) is 0 Å². The van der Waals surface area contributed by atoms with E-state index in [2.05, 4.69) is 6.92 Å². The lowest BCUT2D eigenvalue weighted by Gasteiger charge is -2.35. The highest BCUT2D eigenvalue weighted by Crippen LogP contribution is 2.32. The lowest BCUT2D eigenvalue weighted by Crippen LogP contribution is -2.46. The van der Waals surface area contributed by atoms with Gasteiger partial charge in [-0.1, -0.05) is 13.3 Å². The largest absolute Gasteiger partial charge is 0.500 e. The van der Waals surface area contributed by atoms with E-state index in [-0.39, 0.29) is 12.2 Å². The zero-order valence-corrected chi connectivity index (χ0v) is 17.1. The van der Waals surface area contributed by atoms with Crippen molar-refractivity contribution in [2.45, 2.75) is 84.5 Å². The smallest absolute Gasteiger partial charge is 0.390 e. The summed E-state index contributed by atoms with van der Waals surface area (Å²) in [6.45, 7) is 10.8. The number of rotatable bonds is 13. The molecule has 1 saturated carbocycles. The number of ether oxygens (including phenoxy) is 1. The predicted molar refractivity (Wildman–Crippen MR) is 98.1 cm³/mol. The van der Waals surface area contributed by atoms with Gasteiger partial charge in [-0.25, -0.2) is 0 Å². The molecule has 0 aromatic carbocycles. The van der Waals surface area contributed by atoms with Gasteiger partial charge in [0, 0.05) is 32.5 Å². The van der Waals surface area contributed by atoms with Crippen LogP contribution in [0.1, 0.15) is 66.2 Å². The molecule has 24 heavy (non-hydrogen) atoms. The third kappa shape index (κ3) is 7.50. The molecule has 1 aliphatic rings. The van der Waals surface area contributed by atoms with Crippen LogP contribution in [-0.4, -0.2) is 52.5 Å². The molecular formula is C18H38O5Si. The number of aliphatic hydroxyl groups is 1. The fourth-order valence-corrected chi connectivity index (χ4v) is 6.16. The topological polar surface area (TPSA) is 57.2 Å². The highest BCUT2D eigenvalue weighted by Gasteiger charge is 2.41. The van der Waals surface area contributed by atoms with Gasteiger partial charge < -0.3 is 23.1 Å². The van der Waals surface area contributed by atoms with Crippen LogP contribution in [0.5, 0.6) is 0 Å². The highest BCUT2D eigenvalue weighted by atomic mass is 28.4. The van der Waals surface area contributed by atoms with Gasteiger partial charge in [0.15, 0.2) is 0 Å². The van der Waals surface area contributed by atoms with E-state index in [1.807, 2.05) is 20.8 Å². The lowest BCUT2D eigenvalue weighted by molar-refractivity contribution is -0.0726. The molecule has 0 aromatic rings. The lowest BCUT2D eigenvalue weighted by atomic mass is 9.84. The van der Waals surface area contributed by atoms with E-state index in [0.717, 1.165) is 51.2 Å². The van der Waals surface area contributed by atoms with Crippen LogP contribution in [-0.2, 0) is 18.0 Å². The zero-order valence-electron chi connectivity index (χ0n) is 16.1. The molecule has 1 N–H and O–H groups in total. The summed E-state index contributed by atoms with van der Waals surface area (Å²) < 4.78 is 23.7. The molecule has 5 nitrogen and oxygen atoms in total. The third-order valence-electron chi connectivity index (χ3n) is 4.65. The van der Waals surface area contributed by atoms with Gasteiger partial charge in [-0.3, -0.25) is 0 Å². The molecule has 1 rings (SSSR count). The molecule has 0 aliphatic heterocycles. The Morgan fingerprint density at radius 3 is 2.12 bits per heavy atom. The van der Waals surface area contributed by atoms with Crippen LogP contribution in [0, 0.1) is 5.92 Å². The van der Waals surface area contributed by atoms with Crippen LogP contribution in [0.15, 0.2) is 0 Å². The number of hydrogen-bond donors (Lipinski definition) is 1. The Hall–Kier alpha value is 0.0169. The average Bonchev–Trinajstić information content (AvgIpc) is 2.56. The van der Waals surface area contributed by atoms with Gasteiger partial charge in [-0.2, -0.15) is 0 Å². The van der Waals surface area contributed by atoms with E-state index in [1.54, 1.807) is 0 Å². The molecule has 0 amide bonds. The first-order valence-electron chi connectivity index (χ1n) is 9.82. The highest BCUT2D eigenvalue weighted by molar-refractivity contribution is 6.60. The number of unbranched alkanes of at least 4 members (excludes halogenated alkanes) is 1. The second-order valence-corrected chi connectivity index (χ2v) is 9.26. The van der Waals surface area contributed by atoms with Crippen molar-refractivity contribution in [2.75, 3.05) is 26.4 Å². The van der Waals surface area contributed by atoms with E-state index in [4.69, 9.17) is 18.0 Å². The SMILES string of the molecule is CCCCOC1CC(CC[Si](OCC)(OCC)OCC)CCC1O. The molecule has 144 valence electrons. The molecule has 6 heteroatoms. The van der Waals surface area contributed by atoms with Gasteiger partial charge in [0.05, 0.1) is 12.2 Å². The van der Waals surface area contributed by atoms with Gasteiger partial charge in [-0.15, -0.1) is 0 Å². The van der Waals surface area contributed by atoms with E-state index in [1.165, 1.54) is 0 Å². The van der Waals surface area contributed by atoms with Gasteiger partial charge in [0.2, 0.25) is 0 Å². The Morgan fingerprint density at radius 1 is 0.958 bits per heavy atom. The van der Waals surface area contributed by atoms with Crippen molar-refractivity contribution in [3.8, 4) is 0 Å². The molecule has 0 radical (unpaired) electrons. The molecular weight excluding hydrogens is 324 g/mol. The van der Waals surface area contributed by atoms with Crippen molar-refractivity contribution in [3.63, 3.8) is 0 Å². The summed E-state index contributed by atoms with van der Waals surface area (Å²) in [5, 5.41) is 10.2. The Balaban J connectivity index is 2.52. The standard InChI is InChI=1S/C18H38O5Si/c1-5-9-13-20-18-15-16(10-11-17(18)19)12-14-24(21-6-2,22-7-3)23-8-4/h16-19H,5-15H2,1-4H3. The second kappa shape index (κ2) is 12.4. The van der Waals surface area contributed by atoms with Crippen molar-refractivity contribution in [1.82, 2.24) is 0 Å². The van der Waals surface area contributed by atoms with Crippen molar-refractivity contribution in [2.24, 2.45) is 5.92 Å². The Kier molecular flexibility index (Phi) is 11.4. The second-order valence-electron chi connectivity index (χ2n) is 6.53. The van der Waals surface area contributed by atoms with Gasteiger partial charge in [0.1, 0.15) is 0 Å². The van der Waals surface area contributed by atoms with Crippen LogP contribution in [0.25, 0.3) is 0 Å². The first-order chi connectivity index (χ1) is 11.6. The molecule has 1 fully saturated rings.